The van der Waals surface area contributed by atoms with Crippen LogP contribution in [-0.4, -0.2) is 23.1 Å². The number of hydrogen-bond acceptors (Lipinski definition) is 6. The van der Waals surface area contributed by atoms with Gasteiger partial charge in [-0.1, -0.05) is 78.1 Å². The molecule has 1 heterocycles. The second-order valence-corrected chi connectivity index (χ2v) is 17.3. The molecule has 0 aromatic heterocycles. The maximum atomic E-state index is 9.75. The molecule has 1 aliphatic rings. The lowest BCUT2D eigenvalue weighted by Crippen LogP contribution is -2.35. The predicted octanol–water partition coefficient (Wildman–Crippen LogP) is 8.46. The molecule has 0 atom stereocenters. The topological polar surface area (TPSA) is 47.6 Å². The van der Waals surface area contributed by atoms with E-state index in [2.05, 4.69) is 103 Å². The Bertz CT molecular complexity index is 1170. The summed E-state index contributed by atoms with van der Waals surface area (Å²) in [5, 5.41) is 22.3. The van der Waals surface area contributed by atoms with Gasteiger partial charge in [-0.05, 0) is 36.4 Å². The maximum Gasteiger partial charge on any atom is 0.673 e. The van der Waals surface area contributed by atoms with Crippen LogP contribution in [0.25, 0.3) is 0 Å². The normalized spacial score (nSPS) is 13.8. The van der Waals surface area contributed by atoms with Crippen LogP contribution in [0.15, 0.2) is 99.5 Å². The van der Waals surface area contributed by atoms with E-state index in [9.17, 15) is 17.3 Å². The zero-order valence-electron chi connectivity index (χ0n) is 20.6. The Morgan fingerprint density at radius 2 is 0.949 bits per heavy atom. The Hall–Kier alpha value is -2.01. The SMILES string of the molecule is F[B-](F)(F)F.N#CCCSC1=C(SCCC#N)SC([P+](c2ccccc2)(c2ccccc2)c2ccccc2)S1. The molecule has 202 valence electrons. The van der Waals surface area contributed by atoms with Gasteiger partial charge in [0.1, 0.15) is 23.2 Å². The van der Waals surface area contributed by atoms with Gasteiger partial charge in [0.05, 0.1) is 20.6 Å². The molecule has 4 rings (SSSR count). The number of rotatable bonds is 10. The second-order valence-electron chi connectivity index (χ2n) is 7.86. The number of nitrogens with zero attached hydrogens (tertiary/aromatic N) is 2. The summed E-state index contributed by atoms with van der Waals surface area (Å²) in [6.07, 6.45) is 1.08. The van der Waals surface area contributed by atoms with E-state index < -0.39 is 14.5 Å². The minimum atomic E-state index is -6.00. The first-order valence-corrected chi connectivity index (χ1v) is 17.4. The van der Waals surface area contributed by atoms with Gasteiger partial charge in [-0.15, -0.1) is 23.5 Å². The monoisotopic (exact) mass is 622 g/mol. The van der Waals surface area contributed by atoms with Crippen molar-refractivity contribution in [3.8, 4) is 12.1 Å². The first-order chi connectivity index (χ1) is 18.8. The zero-order chi connectivity index (χ0) is 28.1. The van der Waals surface area contributed by atoms with Crippen molar-refractivity contribution in [2.75, 3.05) is 11.5 Å². The summed E-state index contributed by atoms with van der Waals surface area (Å²) in [6, 6.07) is 37.5. The van der Waals surface area contributed by atoms with E-state index in [1.165, 1.54) is 24.4 Å². The molecule has 0 fully saturated rings. The molecule has 39 heavy (non-hydrogen) atoms. The maximum absolute atomic E-state index is 9.75. The highest BCUT2D eigenvalue weighted by atomic mass is 32.3. The van der Waals surface area contributed by atoms with Crippen LogP contribution in [0.1, 0.15) is 12.8 Å². The Balaban J connectivity index is 0.000000771. The third-order valence-corrected chi connectivity index (χ3v) is 17.2. The summed E-state index contributed by atoms with van der Waals surface area (Å²) < 4.78 is 41.9. The molecule has 3 aromatic rings. The van der Waals surface area contributed by atoms with E-state index in [0.29, 0.717) is 12.8 Å². The molecule has 0 saturated heterocycles. The molecule has 0 N–H and O–H groups in total. The lowest BCUT2D eigenvalue weighted by Gasteiger charge is -2.31. The van der Waals surface area contributed by atoms with E-state index in [0.717, 1.165) is 11.5 Å². The minimum absolute atomic E-state index is 0.286. The third-order valence-electron chi connectivity index (χ3n) is 5.28. The Kier molecular flexibility index (Phi) is 12.7. The fourth-order valence-electron chi connectivity index (χ4n) is 3.83. The molecule has 0 saturated carbocycles. The van der Waals surface area contributed by atoms with Crippen molar-refractivity contribution >= 4 is 77.5 Å². The number of halogens is 4. The summed E-state index contributed by atoms with van der Waals surface area (Å²) in [5.41, 5.74) is 0. The number of hydrogen-bond donors (Lipinski definition) is 0. The van der Waals surface area contributed by atoms with Gasteiger partial charge in [0.2, 0.25) is 0 Å². The molecule has 0 unspecified atom stereocenters. The average Bonchev–Trinajstić information content (AvgIpc) is 3.33. The largest absolute Gasteiger partial charge is 0.673 e. The van der Waals surface area contributed by atoms with Crippen LogP contribution in [0, 0.1) is 22.7 Å². The first-order valence-electron chi connectivity index (χ1n) is 11.8. The van der Waals surface area contributed by atoms with Crippen molar-refractivity contribution in [1.29, 1.82) is 10.5 Å². The summed E-state index contributed by atoms with van der Waals surface area (Å²) in [6.45, 7) is 0. The van der Waals surface area contributed by atoms with Gasteiger partial charge in [-0.25, -0.2) is 0 Å². The molecule has 0 amide bonds. The van der Waals surface area contributed by atoms with Crippen LogP contribution >= 0.6 is 54.3 Å². The standard InChI is InChI=1S/C27H24N2PS4.BF4/c28-18-10-20-31-25-26(32-21-11-19-29)34-27(33-25)30(22-12-4-1-5-13-22,23-14-6-2-7-15-23)24-16-8-3-9-17-24;2-1(3,4)5/h1-9,12-17,27H,10-11,20-21H2;/q+1;-1. The van der Waals surface area contributed by atoms with Gasteiger partial charge in [0.15, 0.2) is 4.32 Å². The molecule has 0 radical (unpaired) electrons. The van der Waals surface area contributed by atoms with Gasteiger partial charge in [0, 0.05) is 24.3 Å². The van der Waals surface area contributed by atoms with Crippen molar-refractivity contribution in [1.82, 2.24) is 0 Å². The van der Waals surface area contributed by atoms with Gasteiger partial charge in [-0.2, -0.15) is 10.5 Å². The van der Waals surface area contributed by atoms with E-state index in [4.69, 9.17) is 10.5 Å². The molecule has 2 nitrogen and oxygen atoms in total. The molecular weight excluding hydrogens is 598 g/mol. The van der Waals surface area contributed by atoms with Crippen LogP contribution in [0.5, 0.6) is 0 Å². The third kappa shape index (κ3) is 9.00. The van der Waals surface area contributed by atoms with Crippen LogP contribution in [0.4, 0.5) is 17.3 Å². The quantitative estimate of drug-likeness (QED) is 0.0979. The van der Waals surface area contributed by atoms with Crippen molar-refractivity contribution in [2.24, 2.45) is 0 Å². The summed E-state index contributed by atoms with van der Waals surface area (Å²) >= 11 is 7.51. The molecule has 0 aliphatic carbocycles. The number of thioether (sulfide) groups is 4. The van der Waals surface area contributed by atoms with Crippen molar-refractivity contribution in [3.63, 3.8) is 0 Å². The summed E-state index contributed by atoms with van der Waals surface area (Å²) in [4.78, 5) is 0. The highest BCUT2D eigenvalue weighted by molar-refractivity contribution is 8.43. The van der Waals surface area contributed by atoms with Crippen LogP contribution < -0.4 is 15.9 Å². The lowest BCUT2D eigenvalue weighted by molar-refractivity contribution is 0.368. The zero-order valence-corrected chi connectivity index (χ0v) is 24.8. The summed E-state index contributed by atoms with van der Waals surface area (Å²) in [5.74, 6) is 1.59. The van der Waals surface area contributed by atoms with Crippen molar-refractivity contribution in [2.45, 2.75) is 17.2 Å². The van der Waals surface area contributed by atoms with Crippen LogP contribution in [-0.2, 0) is 0 Å². The minimum Gasteiger partial charge on any atom is -0.418 e. The van der Waals surface area contributed by atoms with E-state index in [1.54, 1.807) is 23.5 Å². The molecular formula is C27H24BF4N2PS4. The Labute approximate surface area is 244 Å². The van der Waals surface area contributed by atoms with E-state index >= 15 is 0 Å². The smallest absolute Gasteiger partial charge is 0.418 e. The lowest BCUT2D eigenvalue weighted by atomic mass is 10.3. The average molecular weight is 623 g/mol. The molecule has 0 bridgehead atoms. The number of nitriles is 2. The molecule has 0 spiro atoms. The Morgan fingerprint density at radius 3 is 1.23 bits per heavy atom. The van der Waals surface area contributed by atoms with Crippen molar-refractivity contribution in [3.05, 3.63) is 99.5 Å². The molecule has 3 aromatic carbocycles. The van der Waals surface area contributed by atoms with Gasteiger partial charge in [-0.3, -0.25) is 0 Å². The first kappa shape index (κ1) is 31.5. The molecule has 1 aliphatic heterocycles. The Morgan fingerprint density at radius 1 is 0.641 bits per heavy atom. The van der Waals surface area contributed by atoms with Crippen LogP contribution in [0.3, 0.4) is 0 Å². The fraction of sp³-hybridized carbons (Fsp3) is 0.185. The highest BCUT2D eigenvalue weighted by Crippen LogP contribution is 2.73. The fourth-order valence-corrected chi connectivity index (χ4v) is 17.5. The van der Waals surface area contributed by atoms with Gasteiger partial charge < -0.3 is 17.3 Å². The molecule has 12 heteroatoms. The number of benzene rings is 3. The second kappa shape index (κ2) is 15.7. The van der Waals surface area contributed by atoms with Crippen LogP contribution in [0.2, 0.25) is 0 Å². The van der Waals surface area contributed by atoms with E-state index in [1.807, 2.05) is 23.5 Å². The highest BCUT2D eigenvalue weighted by Gasteiger charge is 2.56. The van der Waals surface area contributed by atoms with Gasteiger partial charge in [0.25, 0.3) is 0 Å². The summed E-state index contributed by atoms with van der Waals surface area (Å²) in [7, 11) is -8.03. The predicted molar refractivity (Wildman–Crippen MR) is 167 cm³/mol. The van der Waals surface area contributed by atoms with E-state index in [-0.39, 0.29) is 4.32 Å². The van der Waals surface area contributed by atoms with Gasteiger partial charge >= 0.3 is 7.25 Å². The van der Waals surface area contributed by atoms with Crippen molar-refractivity contribution < 1.29 is 17.3 Å².